The van der Waals surface area contributed by atoms with Crippen molar-refractivity contribution in [1.29, 1.82) is 0 Å². The molecule has 0 bridgehead atoms. The smallest absolute Gasteiger partial charge is 0.241 e. The molecule has 1 saturated carbocycles. The van der Waals surface area contributed by atoms with Gasteiger partial charge in [-0.25, -0.2) is 0 Å². The predicted octanol–water partition coefficient (Wildman–Crippen LogP) is 2.67. The molecule has 0 aliphatic heterocycles. The van der Waals surface area contributed by atoms with Crippen molar-refractivity contribution in [3.05, 3.63) is 30.5 Å². The molecular formula is C15H19N3O. The third-order valence-corrected chi connectivity index (χ3v) is 3.80. The van der Waals surface area contributed by atoms with Crippen LogP contribution in [0.4, 0.5) is 0 Å². The van der Waals surface area contributed by atoms with Gasteiger partial charge in [-0.15, -0.1) is 5.10 Å². The van der Waals surface area contributed by atoms with Crippen LogP contribution in [0, 0.1) is 0 Å². The summed E-state index contributed by atoms with van der Waals surface area (Å²) in [5, 5.41) is 10.2. The molecule has 1 aromatic carbocycles. The Bertz CT molecular complexity index is 553. The third-order valence-electron chi connectivity index (χ3n) is 3.80. The predicted molar refractivity (Wildman–Crippen MR) is 75.0 cm³/mol. The highest BCUT2D eigenvalue weighted by atomic mass is 16.5. The Morgan fingerprint density at radius 2 is 1.95 bits per heavy atom. The van der Waals surface area contributed by atoms with Gasteiger partial charge >= 0.3 is 0 Å². The molecule has 1 aliphatic rings. The maximum atomic E-state index is 6.20. The topological polar surface area (TPSA) is 61.0 Å². The van der Waals surface area contributed by atoms with Crippen LogP contribution in [0.1, 0.15) is 32.1 Å². The van der Waals surface area contributed by atoms with Crippen molar-refractivity contribution in [2.24, 2.45) is 5.73 Å². The molecule has 0 spiro atoms. The van der Waals surface area contributed by atoms with Crippen LogP contribution in [-0.4, -0.2) is 22.3 Å². The third kappa shape index (κ3) is 2.68. The molecule has 2 N–H and O–H groups in total. The number of ether oxygens (including phenoxy) is 1. The maximum Gasteiger partial charge on any atom is 0.241 e. The van der Waals surface area contributed by atoms with Crippen LogP contribution < -0.4 is 10.5 Å². The summed E-state index contributed by atoms with van der Waals surface area (Å²) in [7, 11) is 0. The number of aromatic nitrogens is 2. The molecule has 1 fully saturated rings. The van der Waals surface area contributed by atoms with E-state index >= 15 is 0 Å². The maximum absolute atomic E-state index is 6.20. The Hall–Kier alpha value is -1.68. The Morgan fingerprint density at radius 1 is 1.11 bits per heavy atom. The summed E-state index contributed by atoms with van der Waals surface area (Å²) >= 11 is 0. The van der Waals surface area contributed by atoms with Gasteiger partial charge in [0.25, 0.3) is 0 Å². The van der Waals surface area contributed by atoms with Gasteiger partial charge in [0.2, 0.25) is 5.88 Å². The van der Waals surface area contributed by atoms with E-state index in [0.29, 0.717) is 5.88 Å². The molecule has 0 amide bonds. The molecule has 2 atom stereocenters. The van der Waals surface area contributed by atoms with E-state index in [1.54, 1.807) is 6.20 Å². The molecule has 1 aromatic heterocycles. The van der Waals surface area contributed by atoms with Crippen molar-refractivity contribution in [2.45, 2.75) is 44.2 Å². The summed E-state index contributed by atoms with van der Waals surface area (Å²) in [6.45, 7) is 0. The Labute approximate surface area is 113 Å². The lowest BCUT2D eigenvalue weighted by atomic mass is 10.1. The molecule has 1 aliphatic carbocycles. The van der Waals surface area contributed by atoms with Gasteiger partial charge in [0.05, 0.1) is 6.20 Å². The Kier molecular flexibility index (Phi) is 3.60. The minimum atomic E-state index is 0.0580. The quantitative estimate of drug-likeness (QED) is 0.840. The van der Waals surface area contributed by atoms with Gasteiger partial charge in [-0.3, -0.25) is 0 Å². The second-order valence-electron chi connectivity index (χ2n) is 5.20. The van der Waals surface area contributed by atoms with Crippen molar-refractivity contribution < 1.29 is 4.74 Å². The van der Waals surface area contributed by atoms with E-state index in [9.17, 15) is 0 Å². The van der Waals surface area contributed by atoms with Gasteiger partial charge < -0.3 is 10.5 Å². The lowest BCUT2D eigenvalue weighted by Gasteiger charge is -2.22. The zero-order chi connectivity index (χ0) is 13.1. The van der Waals surface area contributed by atoms with Crippen LogP contribution in [0.2, 0.25) is 0 Å². The molecule has 0 radical (unpaired) electrons. The summed E-state index contributed by atoms with van der Waals surface area (Å²) in [5.74, 6) is 0.612. The Morgan fingerprint density at radius 3 is 2.89 bits per heavy atom. The summed E-state index contributed by atoms with van der Waals surface area (Å²) in [6, 6.07) is 8.11. The number of hydrogen-bond donors (Lipinski definition) is 1. The number of fused-ring (bicyclic) bond motifs is 1. The molecule has 4 heteroatoms. The molecule has 19 heavy (non-hydrogen) atoms. The van der Waals surface area contributed by atoms with E-state index in [0.717, 1.165) is 23.6 Å². The summed E-state index contributed by atoms with van der Waals surface area (Å²) < 4.78 is 6.06. The van der Waals surface area contributed by atoms with Gasteiger partial charge in [-0.05, 0) is 25.3 Å². The van der Waals surface area contributed by atoms with Crippen molar-refractivity contribution >= 4 is 10.8 Å². The van der Waals surface area contributed by atoms with Gasteiger partial charge in [-0.1, -0.05) is 31.0 Å². The second kappa shape index (κ2) is 5.53. The van der Waals surface area contributed by atoms with E-state index in [1.807, 2.05) is 24.3 Å². The van der Waals surface area contributed by atoms with Crippen molar-refractivity contribution in [2.75, 3.05) is 0 Å². The SMILES string of the molecule is NC1CCCCCC1Oc1nncc2ccccc12. The lowest BCUT2D eigenvalue weighted by Crippen LogP contribution is -2.38. The van der Waals surface area contributed by atoms with E-state index < -0.39 is 0 Å². The van der Waals surface area contributed by atoms with Crippen LogP contribution in [0.15, 0.2) is 30.5 Å². The molecular weight excluding hydrogens is 238 g/mol. The fourth-order valence-electron chi connectivity index (χ4n) is 2.68. The average Bonchev–Trinajstić information content (AvgIpc) is 2.65. The molecule has 1 heterocycles. The van der Waals surface area contributed by atoms with E-state index in [1.165, 1.54) is 19.3 Å². The fourth-order valence-corrected chi connectivity index (χ4v) is 2.68. The fraction of sp³-hybridized carbons (Fsp3) is 0.467. The minimum absolute atomic E-state index is 0.0580. The summed E-state index contributed by atoms with van der Waals surface area (Å²) in [6.07, 6.45) is 7.47. The molecule has 0 saturated heterocycles. The molecule has 4 nitrogen and oxygen atoms in total. The number of rotatable bonds is 2. The molecule has 3 rings (SSSR count). The minimum Gasteiger partial charge on any atom is -0.471 e. The highest BCUT2D eigenvalue weighted by Crippen LogP contribution is 2.26. The zero-order valence-electron chi connectivity index (χ0n) is 11.0. The molecule has 2 unspecified atom stereocenters. The number of nitrogens with zero attached hydrogens (tertiary/aromatic N) is 2. The van der Waals surface area contributed by atoms with Gasteiger partial charge in [-0.2, -0.15) is 5.10 Å². The van der Waals surface area contributed by atoms with Crippen LogP contribution in [0.25, 0.3) is 10.8 Å². The first-order valence-corrected chi connectivity index (χ1v) is 6.97. The summed E-state index contributed by atoms with van der Waals surface area (Å²) in [4.78, 5) is 0. The van der Waals surface area contributed by atoms with Gasteiger partial charge in [0.15, 0.2) is 0 Å². The van der Waals surface area contributed by atoms with E-state index in [-0.39, 0.29) is 12.1 Å². The Balaban J connectivity index is 1.88. The molecule has 2 aromatic rings. The van der Waals surface area contributed by atoms with Crippen LogP contribution >= 0.6 is 0 Å². The first-order chi connectivity index (χ1) is 9.34. The largest absolute Gasteiger partial charge is 0.471 e. The van der Waals surface area contributed by atoms with Crippen LogP contribution in [-0.2, 0) is 0 Å². The second-order valence-corrected chi connectivity index (χ2v) is 5.20. The zero-order valence-corrected chi connectivity index (χ0v) is 11.0. The van der Waals surface area contributed by atoms with Crippen LogP contribution in [0.3, 0.4) is 0 Å². The lowest BCUT2D eigenvalue weighted by molar-refractivity contribution is 0.157. The normalized spacial score (nSPS) is 24.1. The average molecular weight is 257 g/mol. The van der Waals surface area contributed by atoms with Crippen molar-refractivity contribution in [3.63, 3.8) is 0 Å². The highest BCUT2D eigenvalue weighted by Gasteiger charge is 2.23. The first kappa shape index (κ1) is 12.4. The number of hydrogen-bond acceptors (Lipinski definition) is 4. The standard InChI is InChI=1S/C15H19N3O/c16-13-8-2-1-3-9-14(13)19-15-12-7-5-4-6-11(12)10-17-18-15/h4-7,10,13-14H,1-3,8-9,16H2. The van der Waals surface area contributed by atoms with Crippen molar-refractivity contribution in [3.8, 4) is 5.88 Å². The van der Waals surface area contributed by atoms with Crippen molar-refractivity contribution in [1.82, 2.24) is 10.2 Å². The molecule has 100 valence electrons. The van der Waals surface area contributed by atoms with Gasteiger partial charge in [0, 0.05) is 16.8 Å². The van der Waals surface area contributed by atoms with E-state index in [4.69, 9.17) is 10.5 Å². The van der Waals surface area contributed by atoms with Gasteiger partial charge in [0.1, 0.15) is 6.10 Å². The first-order valence-electron chi connectivity index (χ1n) is 6.97. The highest BCUT2D eigenvalue weighted by molar-refractivity contribution is 5.85. The monoisotopic (exact) mass is 257 g/mol. The summed E-state index contributed by atoms with van der Waals surface area (Å²) in [5.41, 5.74) is 6.20. The number of nitrogens with two attached hydrogens (primary N) is 1. The van der Waals surface area contributed by atoms with E-state index in [2.05, 4.69) is 10.2 Å². The van der Waals surface area contributed by atoms with Crippen LogP contribution in [0.5, 0.6) is 5.88 Å². The number of benzene rings is 1.